The molecule has 0 saturated carbocycles. The van der Waals surface area contributed by atoms with Crippen molar-refractivity contribution >= 4 is 45.9 Å². The normalized spacial score (nSPS) is 11.0. The zero-order valence-corrected chi connectivity index (χ0v) is 14.6. The van der Waals surface area contributed by atoms with Crippen LogP contribution in [-0.2, 0) is 0 Å². The molecule has 2 aromatic carbocycles. The summed E-state index contributed by atoms with van der Waals surface area (Å²) in [5.41, 5.74) is 2.48. The molecule has 0 radical (unpaired) electrons. The van der Waals surface area contributed by atoms with E-state index in [0.29, 0.717) is 44.4 Å². The SMILES string of the molecule is Cc1nc(Nc2ccccc2)c2nc(-c3ccc(Cl)cc3Cl)oc2n1. The topological polar surface area (TPSA) is 63.8 Å². The van der Waals surface area contributed by atoms with Crippen LogP contribution in [-0.4, -0.2) is 15.0 Å². The molecule has 0 amide bonds. The molecule has 0 aliphatic rings. The van der Waals surface area contributed by atoms with Crippen molar-refractivity contribution < 1.29 is 4.42 Å². The molecular weight excluding hydrogens is 359 g/mol. The van der Waals surface area contributed by atoms with E-state index in [0.717, 1.165) is 5.69 Å². The molecule has 0 fully saturated rings. The van der Waals surface area contributed by atoms with Gasteiger partial charge in [0, 0.05) is 10.7 Å². The van der Waals surface area contributed by atoms with Gasteiger partial charge in [0.2, 0.25) is 5.89 Å². The van der Waals surface area contributed by atoms with Crippen LogP contribution < -0.4 is 5.32 Å². The smallest absolute Gasteiger partial charge is 0.252 e. The highest BCUT2D eigenvalue weighted by Crippen LogP contribution is 2.33. The summed E-state index contributed by atoms with van der Waals surface area (Å²) >= 11 is 12.2. The van der Waals surface area contributed by atoms with Crippen LogP contribution in [0, 0.1) is 6.92 Å². The minimum atomic E-state index is 0.368. The number of para-hydroxylation sites is 1. The van der Waals surface area contributed by atoms with Gasteiger partial charge in [-0.3, -0.25) is 0 Å². The summed E-state index contributed by atoms with van der Waals surface area (Å²) in [6, 6.07) is 14.9. The summed E-state index contributed by atoms with van der Waals surface area (Å²) in [5.74, 6) is 1.53. The third-order valence-electron chi connectivity index (χ3n) is 3.57. The Morgan fingerprint density at radius 3 is 2.52 bits per heavy atom. The molecule has 0 spiro atoms. The monoisotopic (exact) mass is 370 g/mol. The lowest BCUT2D eigenvalue weighted by atomic mass is 10.2. The van der Waals surface area contributed by atoms with Crippen molar-refractivity contribution in [3.8, 4) is 11.5 Å². The second-order valence-corrected chi connectivity index (χ2v) is 6.25. The Morgan fingerprint density at radius 1 is 0.960 bits per heavy atom. The van der Waals surface area contributed by atoms with E-state index in [-0.39, 0.29) is 0 Å². The highest BCUT2D eigenvalue weighted by atomic mass is 35.5. The molecule has 5 nitrogen and oxygen atoms in total. The van der Waals surface area contributed by atoms with Crippen LogP contribution in [0.4, 0.5) is 11.5 Å². The lowest BCUT2D eigenvalue weighted by Gasteiger charge is -2.05. The summed E-state index contributed by atoms with van der Waals surface area (Å²) in [4.78, 5) is 13.3. The van der Waals surface area contributed by atoms with E-state index in [4.69, 9.17) is 27.6 Å². The third-order valence-corrected chi connectivity index (χ3v) is 4.12. The molecule has 124 valence electrons. The van der Waals surface area contributed by atoms with Gasteiger partial charge in [0.1, 0.15) is 5.82 Å². The molecule has 0 bridgehead atoms. The van der Waals surface area contributed by atoms with Gasteiger partial charge in [-0.05, 0) is 37.3 Å². The van der Waals surface area contributed by atoms with Gasteiger partial charge >= 0.3 is 0 Å². The van der Waals surface area contributed by atoms with E-state index in [1.54, 1.807) is 25.1 Å². The van der Waals surface area contributed by atoms with Gasteiger partial charge < -0.3 is 9.73 Å². The van der Waals surface area contributed by atoms with Crippen molar-refractivity contribution in [3.05, 3.63) is 64.4 Å². The summed E-state index contributed by atoms with van der Waals surface area (Å²) in [6.45, 7) is 1.80. The van der Waals surface area contributed by atoms with Crippen molar-refractivity contribution in [2.24, 2.45) is 0 Å². The Hall–Kier alpha value is -2.63. The molecule has 0 unspecified atom stereocenters. The van der Waals surface area contributed by atoms with Crippen molar-refractivity contribution in [2.45, 2.75) is 6.92 Å². The summed E-state index contributed by atoms with van der Waals surface area (Å²) in [7, 11) is 0. The number of hydrogen-bond donors (Lipinski definition) is 1. The fourth-order valence-electron chi connectivity index (χ4n) is 2.45. The van der Waals surface area contributed by atoms with Crippen molar-refractivity contribution in [1.82, 2.24) is 15.0 Å². The molecule has 4 aromatic rings. The molecule has 1 N–H and O–H groups in total. The van der Waals surface area contributed by atoms with Gasteiger partial charge in [0.25, 0.3) is 5.71 Å². The minimum Gasteiger partial charge on any atom is -0.417 e. The second-order valence-electron chi connectivity index (χ2n) is 5.41. The molecule has 0 saturated heterocycles. The van der Waals surface area contributed by atoms with Gasteiger partial charge in [-0.25, -0.2) is 9.97 Å². The first kappa shape index (κ1) is 15.9. The van der Waals surface area contributed by atoms with Crippen LogP contribution in [0.5, 0.6) is 0 Å². The highest BCUT2D eigenvalue weighted by molar-refractivity contribution is 6.36. The molecule has 0 aliphatic carbocycles. The number of aromatic nitrogens is 3. The maximum atomic E-state index is 6.26. The van der Waals surface area contributed by atoms with Crippen molar-refractivity contribution in [2.75, 3.05) is 5.32 Å². The summed E-state index contributed by atoms with van der Waals surface area (Å²) in [6.07, 6.45) is 0. The zero-order valence-electron chi connectivity index (χ0n) is 13.1. The third kappa shape index (κ3) is 3.16. The van der Waals surface area contributed by atoms with Gasteiger partial charge in [-0.15, -0.1) is 0 Å². The van der Waals surface area contributed by atoms with Gasteiger partial charge in [-0.2, -0.15) is 4.98 Å². The molecule has 7 heteroatoms. The highest BCUT2D eigenvalue weighted by Gasteiger charge is 2.17. The Bertz CT molecular complexity index is 1060. The number of oxazole rings is 1. The number of aryl methyl sites for hydroxylation is 1. The van der Waals surface area contributed by atoms with Crippen molar-refractivity contribution in [3.63, 3.8) is 0 Å². The van der Waals surface area contributed by atoms with Gasteiger partial charge in [-0.1, -0.05) is 41.4 Å². The maximum Gasteiger partial charge on any atom is 0.252 e. The lowest BCUT2D eigenvalue weighted by Crippen LogP contribution is -1.98. The van der Waals surface area contributed by atoms with E-state index in [2.05, 4.69) is 20.3 Å². The van der Waals surface area contributed by atoms with Crippen LogP contribution in [0.2, 0.25) is 10.0 Å². The molecule has 2 aromatic heterocycles. The average molecular weight is 371 g/mol. The largest absolute Gasteiger partial charge is 0.417 e. The Balaban J connectivity index is 1.83. The second kappa shape index (κ2) is 6.35. The molecular formula is C18H12Cl2N4O. The van der Waals surface area contributed by atoms with Crippen molar-refractivity contribution in [1.29, 1.82) is 0 Å². The van der Waals surface area contributed by atoms with E-state index >= 15 is 0 Å². The van der Waals surface area contributed by atoms with Gasteiger partial charge in [0.05, 0.1) is 10.6 Å². The fraction of sp³-hybridized carbons (Fsp3) is 0.0556. The predicted octanol–water partition coefficient (Wildman–Crippen LogP) is 5.64. The van der Waals surface area contributed by atoms with Crippen LogP contribution in [0.1, 0.15) is 5.82 Å². The minimum absolute atomic E-state index is 0.368. The number of hydrogen-bond acceptors (Lipinski definition) is 5. The lowest BCUT2D eigenvalue weighted by molar-refractivity contribution is 0.606. The standard InChI is InChI=1S/C18H12Cl2N4O/c1-10-21-16(23-12-5-3-2-4-6-12)15-18(22-10)25-17(24-15)13-8-7-11(19)9-14(13)20/h2-9H,1H3,(H,21,22,23). The van der Waals surface area contributed by atoms with E-state index < -0.39 is 0 Å². The average Bonchev–Trinajstić information content (AvgIpc) is 2.99. The summed E-state index contributed by atoms with van der Waals surface area (Å²) in [5, 5.41) is 4.26. The first-order chi connectivity index (χ1) is 12.1. The molecule has 25 heavy (non-hydrogen) atoms. The Kier molecular flexibility index (Phi) is 4.03. The first-order valence-electron chi connectivity index (χ1n) is 7.53. The van der Waals surface area contributed by atoms with Gasteiger partial charge in [0.15, 0.2) is 11.3 Å². The zero-order chi connectivity index (χ0) is 17.4. The van der Waals surface area contributed by atoms with Crippen LogP contribution in [0.25, 0.3) is 22.7 Å². The number of anilines is 2. The van der Waals surface area contributed by atoms with Crippen LogP contribution in [0.3, 0.4) is 0 Å². The first-order valence-corrected chi connectivity index (χ1v) is 8.28. The Labute approximate surface area is 153 Å². The predicted molar refractivity (Wildman–Crippen MR) is 99.5 cm³/mol. The number of nitrogens with one attached hydrogen (secondary N) is 1. The summed E-state index contributed by atoms with van der Waals surface area (Å²) < 4.78 is 5.80. The number of nitrogens with zero attached hydrogens (tertiary/aromatic N) is 3. The van der Waals surface area contributed by atoms with Crippen LogP contribution in [0.15, 0.2) is 52.9 Å². The fourth-order valence-corrected chi connectivity index (χ4v) is 2.94. The van der Waals surface area contributed by atoms with E-state index in [9.17, 15) is 0 Å². The quantitative estimate of drug-likeness (QED) is 0.505. The number of halogens is 2. The molecule has 0 aliphatic heterocycles. The van der Waals surface area contributed by atoms with E-state index in [1.807, 2.05) is 30.3 Å². The van der Waals surface area contributed by atoms with Crippen LogP contribution >= 0.6 is 23.2 Å². The molecule has 2 heterocycles. The number of fused-ring (bicyclic) bond motifs is 1. The molecule has 4 rings (SSSR count). The number of rotatable bonds is 3. The molecule has 0 atom stereocenters. The Morgan fingerprint density at radius 2 is 1.76 bits per heavy atom. The number of benzene rings is 2. The maximum absolute atomic E-state index is 6.26. The van der Waals surface area contributed by atoms with E-state index in [1.165, 1.54) is 0 Å².